The molecule has 0 aromatic heterocycles. The fourth-order valence-corrected chi connectivity index (χ4v) is 1.26. The standard InChI is InChI=1S/C14H15NO3/c1-11(16)13-7-5-12(6-8-13)4-3-9-15-14(17)10-18-2/h5-8H,9-10H2,1-2H3,(H,15,17). The van der Waals surface area contributed by atoms with Crippen molar-refractivity contribution >= 4 is 11.7 Å². The summed E-state index contributed by atoms with van der Waals surface area (Å²) in [6, 6.07) is 7.02. The summed E-state index contributed by atoms with van der Waals surface area (Å²) in [7, 11) is 1.46. The molecular weight excluding hydrogens is 230 g/mol. The maximum atomic E-state index is 11.1. The Morgan fingerprint density at radius 1 is 1.28 bits per heavy atom. The predicted octanol–water partition coefficient (Wildman–Crippen LogP) is 1.00. The highest BCUT2D eigenvalue weighted by atomic mass is 16.5. The quantitative estimate of drug-likeness (QED) is 0.636. The summed E-state index contributed by atoms with van der Waals surface area (Å²) in [4.78, 5) is 22.1. The number of hydrogen-bond donors (Lipinski definition) is 1. The Morgan fingerprint density at radius 2 is 1.94 bits per heavy atom. The zero-order chi connectivity index (χ0) is 13.4. The number of hydrogen-bond acceptors (Lipinski definition) is 3. The maximum absolute atomic E-state index is 11.1. The van der Waals surface area contributed by atoms with Gasteiger partial charge in [-0.1, -0.05) is 24.0 Å². The molecular formula is C14H15NO3. The van der Waals surface area contributed by atoms with Crippen molar-refractivity contribution in [3.8, 4) is 11.8 Å². The van der Waals surface area contributed by atoms with Crippen molar-refractivity contribution < 1.29 is 14.3 Å². The first-order chi connectivity index (χ1) is 8.63. The van der Waals surface area contributed by atoms with Crippen LogP contribution in [0.2, 0.25) is 0 Å². The van der Waals surface area contributed by atoms with Crippen molar-refractivity contribution in [2.24, 2.45) is 0 Å². The molecule has 0 spiro atoms. The van der Waals surface area contributed by atoms with E-state index in [1.54, 1.807) is 24.3 Å². The van der Waals surface area contributed by atoms with Crippen LogP contribution in [0.5, 0.6) is 0 Å². The molecule has 0 atom stereocenters. The molecule has 18 heavy (non-hydrogen) atoms. The third-order valence-electron chi connectivity index (χ3n) is 2.17. The van der Waals surface area contributed by atoms with Gasteiger partial charge in [-0.15, -0.1) is 0 Å². The van der Waals surface area contributed by atoms with E-state index in [0.29, 0.717) is 5.56 Å². The van der Waals surface area contributed by atoms with Crippen molar-refractivity contribution in [2.75, 3.05) is 20.3 Å². The molecule has 0 aliphatic carbocycles. The van der Waals surface area contributed by atoms with E-state index in [4.69, 9.17) is 0 Å². The van der Waals surface area contributed by atoms with Gasteiger partial charge in [0.25, 0.3) is 0 Å². The van der Waals surface area contributed by atoms with Gasteiger partial charge in [-0.25, -0.2) is 0 Å². The minimum Gasteiger partial charge on any atom is -0.375 e. The van der Waals surface area contributed by atoms with Gasteiger partial charge in [0, 0.05) is 18.2 Å². The van der Waals surface area contributed by atoms with Gasteiger partial charge in [0.15, 0.2) is 5.78 Å². The number of carbonyl (C=O) groups excluding carboxylic acids is 2. The fourth-order valence-electron chi connectivity index (χ4n) is 1.26. The van der Waals surface area contributed by atoms with E-state index in [-0.39, 0.29) is 24.8 Å². The van der Waals surface area contributed by atoms with E-state index in [1.807, 2.05) is 0 Å². The monoisotopic (exact) mass is 245 g/mol. The largest absolute Gasteiger partial charge is 0.375 e. The highest BCUT2D eigenvalue weighted by Gasteiger charge is 1.97. The van der Waals surface area contributed by atoms with Crippen LogP contribution >= 0.6 is 0 Å². The molecule has 0 radical (unpaired) electrons. The van der Waals surface area contributed by atoms with Crippen LogP contribution in [0.3, 0.4) is 0 Å². The average molecular weight is 245 g/mol. The van der Waals surface area contributed by atoms with E-state index in [1.165, 1.54) is 14.0 Å². The van der Waals surface area contributed by atoms with Gasteiger partial charge in [-0.05, 0) is 19.1 Å². The van der Waals surface area contributed by atoms with Gasteiger partial charge in [0.1, 0.15) is 6.61 Å². The van der Waals surface area contributed by atoms with Crippen LogP contribution in [-0.2, 0) is 9.53 Å². The van der Waals surface area contributed by atoms with Crippen molar-refractivity contribution in [3.63, 3.8) is 0 Å². The van der Waals surface area contributed by atoms with Crippen molar-refractivity contribution in [1.29, 1.82) is 0 Å². The fraction of sp³-hybridized carbons (Fsp3) is 0.286. The summed E-state index contributed by atoms with van der Waals surface area (Å²) in [5.41, 5.74) is 1.47. The summed E-state index contributed by atoms with van der Waals surface area (Å²) in [5, 5.41) is 2.59. The van der Waals surface area contributed by atoms with Crippen LogP contribution in [0, 0.1) is 11.8 Å². The molecule has 0 bridgehead atoms. The van der Waals surface area contributed by atoms with Crippen LogP contribution in [0.15, 0.2) is 24.3 Å². The molecule has 1 aromatic carbocycles. The number of methoxy groups -OCH3 is 1. The minimum absolute atomic E-state index is 0.0290. The lowest BCUT2D eigenvalue weighted by atomic mass is 10.1. The summed E-state index contributed by atoms with van der Waals surface area (Å²) in [6.07, 6.45) is 0. The normalized spacial score (nSPS) is 9.22. The number of nitrogens with one attached hydrogen (secondary N) is 1. The van der Waals surface area contributed by atoms with Crippen LogP contribution < -0.4 is 5.32 Å². The van der Waals surface area contributed by atoms with Crippen LogP contribution in [0.4, 0.5) is 0 Å². The molecule has 0 aliphatic heterocycles. The Hall–Kier alpha value is -2.12. The van der Waals surface area contributed by atoms with E-state index in [9.17, 15) is 9.59 Å². The summed E-state index contributed by atoms with van der Waals surface area (Å²) < 4.78 is 4.66. The summed E-state index contributed by atoms with van der Waals surface area (Å²) in [5.74, 6) is 5.54. The van der Waals surface area contributed by atoms with Gasteiger partial charge in [-0.2, -0.15) is 0 Å². The number of carbonyl (C=O) groups is 2. The molecule has 0 saturated heterocycles. The molecule has 1 rings (SSSR count). The first-order valence-electron chi connectivity index (χ1n) is 5.49. The van der Waals surface area contributed by atoms with E-state index < -0.39 is 0 Å². The number of amides is 1. The molecule has 1 N–H and O–H groups in total. The second-order valence-electron chi connectivity index (χ2n) is 3.65. The molecule has 0 saturated carbocycles. The molecule has 4 heteroatoms. The number of rotatable bonds is 4. The molecule has 0 unspecified atom stereocenters. The summed E-state index contributed by atoms with van der Waals surface area (Å²) >= 11 is 0. The molecule has 0 heterocycles. The Morgan fingerprint density at radius 3 is 2.50 bits per heavy atom. The molecule has 0 aliphatic rings. The number of benzene rings is 1. The summed E-state index contributed by atoms with van der Waals surface area (Å²) in [6.45, 7) is 1.83. The zero-order valence-corrected chi connectivity index (χ0v) is 10.4. The number of ether oxygens (including phenoxy) is 1. The highest BCUT2D eigenvalue weighted by molar-refractivity contribution is 5.94. The van der Waals surface area contributed by atoms with Crippen LogP contribution in [-0.4, -0.2) is 32.0 Å². The van der Waals surface area contributed by atoms with Gasteiger partial charge in [-0.3, -0.25) is 9.59 Å². The van der Waals surface area contributed by atoms with Crippen LogP contribution in [0.25, 0.3) is 0 Å². The van der Waals surface area contributed by atoms with Gasteiger partial charge in [0.2, 0.25) is 5.91 Å². The van der Waals surface area contributed by atoms with Crippen molar-refractivity contribution in [3.05, 3.63) is 35.4 Å². The lowest BCUT2D eigenvalue weighted by molar-refractivity contribution is -0.124. The lowest BCUT2D eigenvalue weighted by Gasteiger charge is -1.98. The van der Waals surface area contributed by atoms with Gasteiger partial charge >= 0.3 is 0 Å². The second kappa shape index (κ2) is 7.25. The Bertz CT molecular complexity index is 480. The smallest absolute Gasteiger partial charge is 0.246 e. The van der Waals surface area contributed by atoms with E-state index in [2.05, 4.69) is 21.9 Å². The molecule has 0 fully saturated rings. The van der Waals surface area contributed by atoms with Crippen LogP contribution in [0.1, 0.15) is 22.8 Å². The lowest BCUT2D eigenvalue weighted by Crippen LogP contribution is -2.27. The van der Waals surface area contributed by atoms with E-state index in [0.717, 1.165) is 5.56 Å². The van der Waals surface area contributed by atoms with Gasteiger partial charge < -0.3 is 10.1 Å². The third-order valence-corrected chi connectivity index (χ3v) is 2.17. The van der Waals surface area contributed by atoms with Gasteiger partial charge in [0.05, 0.1) is 6.54 Å². The number of Topliss-reactive ketones (excluding diaryl/α,β-unsaturated/α-hetero) is 1. The Labute approximate surface area is 106 Å². The second-order valence-corrected chi connectivity index (χ2v) is 3.65. The zero-order valence-electron chi connectivity index (χ0n) is 10.4. The van der Waals surface area contributed by atoms with Crippen molar-refractivity contribution in [1.82, 2.24) is 5.32 Å². The van der Waals surface area contributed by atoms with E-state index >= 15 is 0 Å². The first-order valence-corrected chi connectivity index (χ1v) is 5.49. The predicted molar refractivity (Wildman–Crippen MR) is 68.2 cm³/mol. The maximum Gasteiger partial charge on any atom is 0.246 e. The molecule has 4 nitrogen and oxygen atoms in total. The SMILES string of the molecule is COCC(=O)NCC#Cc1ccc(C(C)=O)cc1. The molecule has 94 valence electrons. The third kappa shape index (κ3) is 4.81. The Kier molecular flexibility index (Phi) is 5.62. The highest BCUT2D eigenvalue weighted by Crippen LogP contribution is 2.03. The Balaban J connectivity index is 2.48. The minimum atomic E-state index is -0.196. The number of ketones is 1. The average Bonchev–Trinajstić information content (AvgIpc) is 2.35. The molecule has 1 aromatic rings. The molecule has 1 amide bonds. The first kappa shape index (κ1) is 13.9. The topological polar surface area (TPSA) is 55.4 Å². The van der Waals surface area contributed by atoms with Crippen molar-refractivity contribution in [2.45, 2.75) is 6.92 Å².